The van der Waals surface area contributed by atoms with Gasteiger partial charge in [-0.3, -0.25) is 0 Å². The fraction of sp³-hybridized carbons (Fsp3) is 0.375. The fourth-order valence-electron chi connectivity index (χ4n) is 1.51. The lowest BCUT2D eigenvalue weighted by Crippen LogP contribution is -2.35. The summed E-state index contributed by atoms with van der Waals surface area (Å²) in [6.45, 7) is 3.85. The Balaban J connectivity index is 2.55. The molecule has 0 fully saturated rings. The van der Waals surface area contributed by atoms with E-state index in [9.17, 15) is 5.11 Å². The average Bonchev–Trinajstić information content (AvgIpc) is 2.59. The molecule has 2 rings (SSSR count). The number of aliphatic hydroxyl groups is 1. The van der Waals surface area contributed by atoms with Gasteiger partial charge in [0.25, 0.3) is 0 Å². The number of benzene rings is 2. The number of hydrogen-bond acceptors (Lipinski definition) is 3. The van der Waals surface area contributed by atoms with Crippen molar-refractivity contribution in [3.8, 4) is 5.75 Å². The summed E-state index contributed by atoms with van der Waals surface area (Å²) in [6, 6.07) is -3.15. The van der Waals surface area contributed by atoms with E-state index in [1.807, 2.05) is 13.8 Å². The van der Waals surface area contributed by atoms with Crippen LogP contribution in [-0.4, -0.2) is 30.4 Å². The van der Waals surface area contributed by atoms with Gasteiger partial charge in [-0.2, -0.15) is 0 Å². The highest BCUT2D eigenvalue weighted by Crippen LogP contribution is 2.25. The van der Waals surface area contributed by atoms with Gasteiger partial charge in [-0.15, -0.1) is 0 Å². The highest BCUT2D eigenvalue weighted by molar-refractivity contribution is 5.88. The van der Waals surface area contributed by atoms with Crippen molar-refractivity contribution < 1.29 is 19.4 Å². The molecular formula is C16H21NO2. The number of fused-ring (bicyclic) bond motifs is 1. The van der Waals surface area contributed by atoms with Gasteiger partial charge in [0.2, 0.25) is 0 Å². The van der Waals surface area contributed by atoms with Gasteiger partial charge in [-0.05, 0) is 11.4 Å². The molecule has 0 saturated carbocycles. The second-order valence-electron chi connectivity index (χ2n) is 4.48. The smallest absolute Gasteiger partial charge is 0.127 e. The van der Waals surface area contributed by atoms with Crippen molar-refractivity contribution in [3.63, 3.8) is 0 Å². The molecule has 3 nitrogen and oxygen atoms in total. The van der Waals surface area contributed by atoms with E-state index in [1.54, 1.807) is 0 Å². The third-order valence-corrected chi connectivity index (χ3v) is 2.46. The van der Waals surface area contributed by atoms with Gasteiger partial charge in [0.1, 0.15) is 18.5 Å². The number of aliphatic hydroxyl groups excluding tert-OH is 1. The highest BCUT2D eigenvalue weighted by atomic mass is 16.5. The van der Waals surface area contributed by atoms with E-state index in [1.165, 1.54) is 0 Å². The summed E-state index contributed by atoms with van der Waals surface area (Å²) < 4.78 is 61.0. The quantitative estimate of drug-likeness (QED) is 0.844. The van der Waals surface area contributed by atoms with Crippen LogP contribution in [0.3, 0.4) is 0 Å². The molecule has 0 amide bonds. The maximum atomic E-state index is 9.99. The molecule has 3 heteroatoms. The molecule has 19 heavy (non-hydrogen) atoms. The zero-order valence-corrected chi connectivity index (χ0v) is 10.9. The van der Waals surface area contributed by atoms with Crippen molar-refractivity contribution in [3.05, 3.63) is 42.3 Å². The number of rotatable bonds is 6. The Morgan fingerprint density at radius 2 is 1.95 bits per heavy atom. The standard InChI is InChI=1S/C16H21NO2/c1-12(2)17-10-14(18)11-19-16-9-5-7-13-6-3-4-8-15(13)16/h3-9,12,14,17-18H,10-11H2,1-2H3/i3D,4D,5D,6D,7D,8D,9D. The van der Waals surface area contributed by atoms with Gasteiger partial charge in [0.15, 0.2) is 0 Å². The van der Waals surface area contributed by atoms with Crippen molar-refractivity contribution in [2.75, 3.05) is 13.2 Å². The lowest BCUT2D eigenvalue weighted by molar-refractivity contribution is 0.105. The normalized spacial score (nSPS) is 18.0. The first kappa shape index (κ1) is 7.27. The summed E-state index contributed by atoms with van der Waals surface area (Å²) in [5.41, 5.74) is 0. The average molecular weight is 266 g/mol. The van der Waals surface area contributed by atoms with Crippen LogP contribution in [0.4, 0.5) is 0 Å². The molecule has 2 aromatic carbocycles. The molecule has 0 bridgehead atoms. The van der Waals surface area contributed by atoms with Crippen LogP contribution in [0.25, 0.3) is 10.8 Å². The summed E-state index contributed by atoms with van der Waals surface area (Å²) in [5.74, 6) is -0.225. The Labute approximate surface area is 124 Å². The molecule has 0 saturated heterocycles. The summed E-state index contributed by atoms with van der Waals surface area (Å²) in [4.78, 5) is 0. The molecule has 2 aromatic rings. The predicted octanol–water partition coefficient (Wildman–Crippen LogP) is 2.58. The third-order valence-electron chi connectivity index (χ3n) is 2.46. The molecule has 2 N–H and O–H groups in total. The maximum absolute atomic E-state index is 9.99. The van der Waals surface area contributed by atoms with Crippen molar-refractivity contribution in [2.24, 2.45) is 0 Å². The molecule has 0 aliphatic rings. The minimum Gasteiger partial charge on any atom is -0.490 e. The van der Waals surface area contributed by atoms with Gasteiger partial charge in [-0.1, -0.05) is 50.1 Å². The van der Waals surface area contributed by atoms with Crippen LogP contribution < -0.4 is 10.1 Å². The number of hydrogen-bond donors (Lipinski definition) is 2. The van der Waals surface area contributed by atoms with E-state index in [4.69, 9.17) is 14.3 Å². The van der Waals surface area contributed by atoms with Gasteiger partial charge < -0.3 is 15.2 Å². The molecule has 0 radical (unpaired) electrons. The Morgan fingerprint density at radius 3 is 2.74 bits per heavy atom. The molecule has 1 atom stereocenters. The van der Waals surface area contributed by atoms with Crippen LogP contribution in [0.1, 0.15) is 23.4 Å². The minimum absolute atomic E-state index is 0.119. The zero-order chi connectivity index (χ0) is 19.8. The first-order valence-electron chi connectivity index (χ1n) is 9.61. The molecule has 0 aromatic heterocycles. The topological polar surface area (TPSA) is 41.5 Å². The van der Waals surface area contributed by atoms with Gasteiger partial charge in [0.05, 0.1) is 9.60 Å². The second kappa shape index (κ2) is 6.55. The molecule has 1 unspecified atom stereocenters. The Kier molecular flexibility index (Phi) is 2.50. The second-order valence-corrected chi connectivity index (χ2v) is 4.48. The Bertz CT molecular complexity index is 834. The maximum Gasteiger partial charge on any atom is 0.127 e. The van der Waals surface area contributed by atoms with E-state index in [0.717, 1.165) is 0 Å². The SMILES string of the molecule is [2H]c1c([2H])c([2H])c2c(OCC(O)CNC(C)C)c([2H])c([2H])c([2H])c2c1[2H]. The summed E-state index contributed by atoms with van der Waals surface area (Å²) in [6.07, 6.45) is -0.910. The van der Waals surface area contributed by atoms with Crippen LogP contribution in [0.5, 0.6) is 5.75 Å². The van der Waals surface area contributed by atoms with E-state index in [-0.39, 0.29) is 35.7 Å². The largest absolute Gasteiger partial charge is 0.490 e. The van der Waals surface area contributed by atoms with Crippen molar-refractivity contribution in [2.45, 2.75) is 26.0 Å². The fourth-order valence-corrected chi connectivity index (χ4v) is 1.51. The van der Waals surface area contributed by atoms with E-state index >= 15 is 0 Å². The molecule has 0 spiro atoms. The first-order valence-corrected chi connectivity index (χ1v) is 6.11. The van der Waals surface area contributed by atoms with E-state index in [0.29, 0.717) is 0 Å². The van der Waals surface area contributed by atoms with Crippen LogP contribution in [0, 0.1) is 0 Å². The molecule has 0 aliphatic heterocycles. The van der Waals surface area contributed by atoms with Crippen molar-refractivity contribution in [1.82, 2.24) is 5.32 Å². The van der Waals surface area contributed by atoms with Crippen molar-refractivity contribution >= 4 is 10.8 Å². The Hall–Kier alpha value is -1.58. The zero-order valence-electron chi connectivity index (χ0n) is 17.9. The number of nitrogens with one attached hydrogen (secondary N) is 1. The predicted molar refractivity (Wildman–Crippen MR) is 78.6 cm³/mol. The summed E-state index contributed by atoms with van der Waals surface area (Å²) >= 11 is 0. The molecule has 0 aliphatic carbocycles. The van der Waals surface area contributed by atoms with Crippen LogP contribution in [0.2, 0.25) is 0 Å². The molecular weight excluding hydrogens is 238 g/mol. The molecule has 102 valence electrons. The van der Waals surface area contributed by atoms with Crippen molar-refractivity contribution in [1.29, 1.82) is 0 Å². The number of ether oxygens (including phenoxy) is 1. The first-order chi connectivity index (χ1) is 12.1. The van der Waals surface area contributed by atoms with Crippen LogP contribution >= 0.6 is 0 Å². The van der Waals surface area contributed by atoms with Gasteiger partial charge in [-0.25, -0.2) is 0 Å². The van der Waals surface area contributed by atoms with E-state index < -0.39 is 48.4 Å². The summed E-state index contributed by atoms with van der Waals surface area (Å²) in [7, 11) is 0. The molecule has 0 heterocycles. The lowest BCUT2D eigenvalue weighted by Gasteiger charge is -2.15. The third kappa shape index (κ3) is 3.94. The van der Waals surface area contributed by atoms with Crippen LogP contribution in [0.15, 0.2) is 42.3 Å². The Morgan fingerprint density at radius 1 is 1.21 bits per heavy atom. The summed E-state index contributed by atoms with van der Waals surface area (Å²) in [5, 5.41) is 12.7. The van der Waals surface area contributed by atoms with E-state index in [2.05, 4.69) is 5.32 Å². The van der Waals surface area contributed by atoms with Crippen LogP contribution in [-0.2, 0) is 0 Å². The lowest BCUT2D eigenvalue weighted by atomic mass is 10.1. The minimum atomic E-state index is -0.910. The monoisotopic (exact) mass is 266 g/mol. The van der Waals surface area contributed by atoms with Gasteiger partial charge in [0, 0.05) is 18.0 Å². The highest BCUT2D eigenvalue weighted by Gasteiger charge is 2.07. The van der Waals surface area contributed by atoms with Gasteiger partial charge >= 0.3 is 0 Å².